The number of nitrogens with two attached hydrogens (primary N) is 1. The first kappa shape index (κ1) is 21.4. The van der Waals surface area contributed by atoms with Gasteiger partial charge in [-0.15, -0.1) is 0 Å². The highest BCUT2D eigenvalue weighted by Gasteiger charge is 2.34. The Balaban J connectivity index is 1.73. The van der Waals surface area contributed by atoms with E-state index in [-0.39, 0.29) is 41.9 Å². The molecule has 1 fully saturated rings. The highest BCUT2D eigenvalue weighted by Crippen LogP contribution is 2.28. The second-order valence-corrected chi connectivity index (χ2v) is 9.65. The van der Waals surface area contributed by atoms with Crippen LogP contribution in [0.4, 0.5) is 19.1 Å². The SMILES string of the molecule is NS(=O)(=O)c1ccc(S(=O)(=O)N2CCN(c3nccc(C(F)(F)F)n3)CC2)cc1. The van der Waals surface area contributed by atoms with Crippen LogP contribution in [0.2, 0.25) is 0 Å². The molecule has 1 aliphatic heterocycles. The molecule has 0 atom stereocenters. The highest BCUT2D eigenvalue weighted by atomic mass is 32.2. The van der Waals surface area contributed by atoms with Crippen LogP contribution in [0.3, 0.4) is 0 Å². The predicted molar refractivity (Wildman–Crippen MR) is 95.8 cm³/mol. The van der Waals surface area contributed by atoms with Crippen molar-refractivity contribution in [2.24, 2.45) is 5.14 Å². The van der Waals surface area contributed by atoms with Gasteiger partial charge in [-0.25, -0.2) is 31.9 Å². The molecule has 0 saturated carbocycles. The number of benzene rings is 1. The smallest absolute Gasteiger partial charge is 0.338 e. The van der Waals surface area contributed by atoms with Crippen LogP contribution in [0.1, 0.15) is 5.69 Å². The quantitative estimate of drug-likeness (QED) is 0.723. The van der Waals surface area contributed by atoms with E-state index in [1.165, 1.54) is 4.90 Å². The minimum absolute atomic E-state index is 0.00111. The van der Waals surface area contributed by atoms with E-state index in [0.717, 1.165) is 40.8 Å². The molecule has 1 aliphatic rings. The maximum atomic E-state index is 12.8. The van der Waals surface area contributed by atoms with Gasteiger partial charge in [0.1, 0.15) is 5.69 Å². The van der Waals surface area contributed by atoms with Gasteiger partial charge in [-0.1, -0.05) is 0 Å². The molecular formula is C15H16F3N5O4S2. The number of nitrogens with zero attached hydrogens (tertiary/aromatic N) is 4. The van der Waals surface area contributed by atoms with Crippen molar-refractivity contribution >= 4 is 26.0 Å². The van der Waals surface area contributed by atoms with Gasteiger partial charge >= 0.3 is 6.18 Å². The van der Waals surface area contributed by atoms with Crippen LogP contribution in [-0.2, 0) is 26.2 Å². The van der Waals surface area contributed by atoms with E-state index in [1.54, 1.807) is 0 Å². The van der Waals surface area contributed by atoms with Crippen LogP contribution in [0.25, 0.3) is 0 Å². The molecule has 0 spiro atoms. The number of aromatic nitrogens is 2. The molecule has 0 amide bonds. The molecule has 0 unspecified atom stereocenters. The lowest BCUT2D eigenvalue weighted by Crippen LogP contribution is -2.49. The number of primary sulfonamides is 1. The second kappa shape index (κ2) is 7.51. The molecule has 158 valence electrons. The highest BCUT2D eigenvalue weighted by molar-refractivity contribution is 7.89. The van der Waals surface area contributed by atoms with E-state index in [1.807, 2.05) is 0 Å². The maximum absolute atomic E-state index is 12.8. The lowest BCUT2D eigenvalue weighted by Gasteiger charge is -2.34. The summed E-state index contributed by atoms with van der Waals surface area (Å²) in [6.45, 7) is 0.184. The largest absolute Gasteiger partial charge is 0.433 e. The Hall–Kier alpha value is -2.29. The zero-order chi connectivity index (χ0) is 21.4. The van der Waals surface area contributed by atoms with Crippen LogP contribution in [-0.4, -0.2) is 57.3 Å². The van der Waals surface area contributed by atoms with Crippen LogP contribution in [0, 0.1) is 0 Å². The summed E-state index contributed by atoms with van der Waals surface area (Å²) in [5.74, 6) is -0.130. The average Bonchev–Trinajstić information content (AvgIpc) is 2.67. The van der Waals surface area contributed by atoms with Gasteiger partial charge in [0.2, 0.25) is 26.0 Å². The summed E-state index contributed by atoms with van der Waals surface area (Å²) in [7, 11) is -7.86. The first-order valence-corrected chi connectivity index (χ1v) is 11.2. The summed E-state index contributed by atoms with van der Waals surface area (Å²) in [6.07, 6.45) is -3.60. The van der Waals surface area contributed by atoms with Crippen molar-refractivity contribution in [2.75, 3.05) is 31.1 Å². The first-order valence-electron chi connectivity index (χ1n) is 8.17. The van der Waals surface area contributed by atoms with Crippen molar-refractivity contribution in [3.05, 3.63) is 42.2 Å². The topological polar surface area (TPSA) is 127 Å². The molecule has 3 rings (SSSR count). The van der Waals surface area contributed by atoms with E-state index in [9.17, 15) is 30.0 Å². The molecule has 29 heavy (non-hydrogen) atoms. The third kappa shape index (κ3) is 4.66. The number of sulfonamides is 2. The fraction of sp³-hybridized carbons (Fsp3) is 0.333. The van der Waals surface area contributed by atoms with E-state index >= 15 is 0 Å². The van der Waals surface area contributed by atoms with Crippen molar-refractivity contribution in [3.63, 3.8) is 0 Å². The molecule has 1 saturated heterocycles. The summed E-state index contributed by atoms with van der Waals surface area (Å²) in [5, 5.41) is 4.99. The van der Waals surface area contributed by atoms with Gasteiger partial charge in [0.15, 0.2) is 0 Å². The zero-order valence-electron chi connectivity index (χ0n) is 14.7. The van der Waals surface area contributed by atoms with Gasteiger partial charge in [0.25, 0.3) is 0 Å². The minimum Gasteiger partial charge on any atom is -0.338 e. The number of hydrogen-bond acceptors (Lipinski definition) is 7. The predicted octanol–water partition coefficient (Wildman–Crippen LogP) is 0.654. The zero-order valence-corrected chi connectivity index (χ0v) is 16.4. The molecule has 14 heteroatoms. The Morgan fingerprint density at radius 3 is 1.97 bits per heavy atom. The minimum atomic E-state index is -4.61. The number of halogens is 3. The summed E-state index contributed by atoms with van der Waals surface area (Å²) in [6, 6.07) is 5.22. The fourth-order valence-electron chi connectivity index (χ4n) is 2.74. The van der Waals surface area contributed by atoms with Crippen molar-refractivity contribution in [1.82, 2.24) is 14.3 Å². The van der Waals surface area contributed by atoms with Crippen molar-refractivity contribution in [2.45, 2.75) is 16.0 Å². The van der Waals surface area contributed by atoms with Crippen molar-refractivity contribution in [1.29, 1.82) is 0 Å². The summed E-state index contributed by atoms with van der Waals surface area (Å²) < 4.78 is 87.6. The second-order valence-electron chi connectivity index (χ2n) is 6.15. The molecule has 1 aromatic carbocycles. The number of rotatable bonds is 4. The third-order valence-corrected chi connectivity index (χ3v) is 7.09. The summed E-state index contributed by atoms with van der Waals surface area (Å²) in [5.41, 5.74) is -1.08. The molecule has 2 heterocycles. The molecule has 1 aromatic heterocycles. The van der Waals surface area contributed by atoms with Crippen LogP contribution in [0.15, 0.2) is 46.3 Å². The first-order chi connectivity index (χ1) is 13.4. The molecular weight excluding hydrogens is 435 g/mol. The van der Waals surface area contributed by atoms with Gasteiger partial charge in [-0.05, 0) is 30.3 Å². The van der Waals surface area contributed by atoms with Gasteiger partial charge < -0.3 is 4.90 Å². The molecule has 0 aliphatic carbocycles. The Morgan fingerprint density at radius 2 is 1.45 bits per heavy atom. The van der Waals surface area contributed by atoms with Crippen LogP contribution in [0.5, 0.6) is 0 Å². The summed E-state index contributed by atoms with van der Waals surface area (Å²) in [4.78, 5) is 8.46. The standard InChI is InChI=1S/C15H16F3N5O4S2/c16-15(17,18)13-5-6-20-14(21-13)22-7-9-23(10-8-22)29(26,27)12-3-1-11(2-4-12)28(19,24)25/h1-6H,7-10H2,(H2,19,24,25). The third-order valence-electron chi connectivity index (χ3n) is 4.24. The molecule has 0 radical (unpaired) electrons. The van der Waals surface area contributed by atoms with E-state index < -0.39 is 31.9 Å². The number of piperazine rings is 1. The number of hydrogen-bond donors (Lipinski definition) is 1. The van der Waals surface area contributed by atoms with Crippen molar-refractivity contribution in [3.8, 4) is 0 Å². The Bertz CT molecular complexity index is 1100. The van der Waals surface area contributed by atoms with Crippen LogP contribution < -0.4 is 10.0 Å². The fourth-order valence-corrected chi connectivity index (χ4v) is 4.68. The maximum Gasteiger partial charge on any atom is 0.433 e. The Kier molecular flexibility index (Phi) is 5.55. The lowest BCUT2D eigenvalue weighted by molar-refractivity contribution is -0.141. The van der Waals surface area contributed by atoms with Crippen LogP contribution >= 0.6 is 0 Å². The summed E-state index contributed by atoms with van der Waals surface area (Å²) >= 11 is 0. The Morgan fingerprint density at radius 1 is 0.897 bits per heavy atom. The molecule has 2 N–H and O–H groups in total. The number of alkyl halides is 3. The number of anilines is 1. The lowest BCUT2D eigenvalue weighted by atomic mass is 10.3. The molecule has 9 nitrogen and oxygen atoms in total. The molecule has 2 aromatic rings. The average molecular weight is 451 g/mol. The van der Waals surface area contributed by atoms with Gasteiger partial charge in [-0.2, -0.15) is 17.5 Å². The van der Waals surface area contributed by atoms with E-state index in [2.05, 4.69) is 9.97 Å². The molecule has 0 bridgehead atoms. The van der Waals surface area contributed by atoms with Crippen molar-refractivity contribution < 1.29 is 30.0 Å². The van der Waals surface area contributed by atoms with Gasteiger partial charge in [-0.3, -0.25) is 0 Å². The normalized spacial score (nSPS) is 16.8. The monoisotopic (exact) mass is 451 g/mol. The Labute approximate surface area is 165 Å². The van der Waals surface area contributed by atoms with Gasteiger partial charge in [0, 0.05) is 32.4 Å². The van der Waals surface area contributed by atoms with Gasteiger partial charge in [0.05, 0.1) is 9.79 Å². The van der Waals surface area contributed by atoms with E-state index in [4.69, 9.17) is 5.14 Å². The van der Waals surface area contributed by atoms with E-state index in [0.29, 0.717) is 0 Å².